The lowest BCUT2D eigenvalue weighted by atomic mass is 9.58. The summed E-state index contributed by atoms with van der Waals surface area (Å²) in [6.07, 6.45) is 2.44. The summed E-state index contributed by atoms with van der Waals surface area (Å²) in [4.78, 5) is 25.7. The molecule has 0 heterocycles. The molecule has 3 aliphatic rings. The maximum Gasteiger partial charge on any atom is 0.340 e. The summed E-state index contributed by atoms with van der Waals surface area (Å²) >= 11 is 0. The summed E-state index contributed by atoms with van der Waals surface area (Å²) in [5, 5.41) is 0. The van der Waals surface area contributed by atoms with Gasteiger partial charge in [-0.1, -0.05) is 58.0 Å². The zero-order chi connectivity index (χ0) is 20.3. The standard InChI is InChI=1S/C24H30O4/c1-14-11-12-18(28-22(26)20(27-5)15-9-7-6-8-10-15)16-13-17(25)19-21(23(19,2)3)24(14,16)4/h6-10,13-14,18-21H,11-12H2,1-5H3/t14-,18-,19-,20+,21+,24+/m0/s1. The van der Waals surface area contributed by atoms with Crippen molar-refractivity contribution in [2.45, 2.75) is 52.7 Å². The third-order valence-corrected chi connectivity index (χ3v) is 7.74. The van der Waals surface area contributed by atoms with Crippen molar-refractivity contribution >= 4 is 11.8 Å². The van der Waals surface area contributed by atoms with Gasteiger partial charge < -0.3 is 9.47 Å². The minimum absolute atomic E-state index is 0.0172. The predicted molar refractivity (Wildman–Crippen MR) is 106 cm³/mol. The number of rotatable bonds is 4. The Morgan fingerprint density at radius 1 is 1.14 bits per heavy atom. The highest BCUT2D eigenvalue weighted by molar-refractivity contribution is 5.98. The van der Waals surface area contributed by atoms with E-state index in [1.165, 1.54) is 7.11 Å². The molecule has 1 aromatic rings. The number of fused-ring (bicyclic) bond motifs is 3. The van der Waals surface area contributed by atoms with Crippen molar-refractivity contribution in [1.82, 2.24) is 0 Å². The van der Waals surface area contributed by atoms with Gasteiger partial charge in [0.25, 0.3) is 0 Å². The summed E-state index contributed by atoms with van der Waals surface area (Å²) in [6, 6.07) is 9.39. The van der Waals surface area contributed by atoms with Gasteiger partial charge in [0, 0.05) is 13.0 Å². The number of benzene rings is 1. The first-order valence-electron chi connectivity index (χ1n) is 10.3. The van der Waals surface area contributed by atoms with Crippen LogP contribution in [0.15, 0.2) is 42.0 Å². The normalized spacial score (nSPS) is 36.6. The van der Waals surface area contributed by atoms with Gasteiger partial charge in [-0.2, -0.15) is 0 Å². The lowest BCUT2D eigenvalue weighted by molar-refractivity contribution is -0.162. The van der Waals surface area contributed by atoms with E-state index < -0.39 is 6.10 Å². The highest BCUT2D eigenvalue weighted by Gasteiger charge is 2.72. The summed E-state index contributed by atoms with van der Waals surface area (Å²) in [7, 11) is 1.52. The molecule has 28 heavy (non-hydrogen) atoms. The Balaban J connectivity index is 1.61. The molecule has 0 unspecified atom stereocenters. The van der Waals surface area contributed by atoms with Gasteiger partial charge in [0.1, 0.15) is 6.10 Å². The number of ketones is 1. The van der Waals surface area contributed by atoms with E-state index in [1.807, 2.05) is 30.3 Å². The van der Waals surface area contributed by atoms with Crippen LogP contribution in [-0.4, -0.2) is 25.0 Å². The number of hydrogen-bond acceptors (Lipinski definition) is 4. The largest absolute Gasteiger partial charge is 0.456 e. The molecular weight excluding hydrogens is 352 g/mol. The SMILES string of the molecule is CO[C@@H](C(=O)O[C@H]1CC[C@H](C)[C@]2(C)C1=CC(=O)[C@H]1[C@@H]2C1(C)C)c1ccccc1. The fraction of sp³-hybridized carbons (Fsp3) is 0.583. The Morgan fingerprint density at radius 3 is 2.46 bits per heavy atom. The highest BCUT2D eigenvalue weighted by Crippen LogP contribution is 2.73. The van der Waals surface area contributed by atoms with Crippen molar-refractivity contribution in [3.63, 3.8) is 0 Å². The molecule has 0 saturated heterocycles. The fourth-order valence-corrected chi connectivity index (χ4v) is 6.07. The van der Waals surface area contributed by atoms with Crippen molar-refractivity contribution in [1.29, 1.82) is 0 Å². The molecule has 1 aromatic carbocycles. The highest BCUT2D eigenvalue weighted by atomic mass is 16.6. The molecule has 4 heteroatoms. The quantitative estimate of drug-likeness (QED) is 0.719. The topological polar surface area (TPSA) is 52.6 Å². The molecule has 0 N–H and O–H groups in total. The fourth-order valence-electron chi connectivity index (χ4n) is 6.07. The van der Waals surface area contributed by atoms with Crippen LogP contribution in [0, 0.1) is 28.6 Å². The van der Waals surface area contributed by atoms with Crippen LogP contribution in [-0.2, 0) is 19.1 Å². The number of methoxy groups -OCH3 is 1. The third-order valence-electron chi connectivity index (χ3n) is 7.74. The van der Waals surface area contributed by atoms with Gasteiger partial charge in [-0.15, -0.1) is 0 Å². The van der Waals surface area contributed by atoms with Gasteiger partial charge in [-0.3, -0.25) is 4.79 Å². The van der Waals surface area contributed by atoms with E-state index in [0.29, 0.717) is 11.8 Å². The Morgan fingerprint density at radius 2 is 1.82 bits per heavy atom. The monoisotopic (exact) mass is 382 g/mol. The molecule has 0 amide bonds. The minimum Gasteiger partial charge on any atom is -0.456 e. The van der Waals surface area contributed by atoms with Gasteiger partial charge in [-0.25, -0.2) is 4.79 Å². The number of hydrogen-bond donors (Lipinski definition) is 0. The second-order valence-electron chi connectivity index (χ2n) is 9.49. The zero-order valence-electron chi connectivity index (χ0n) is 17.4. The van der Waals surface area contributed by atoms with Crippen LogP contribution >= 0.6 is 0 Å². The molecule has 0 aliphatic heterocycles. The van der Waals surface area contributed by atoms with Gasteiger partial charge in [0.15, 0.2) is 11.9 Å². The number of allylic oxidation sites excluding steroid dienone is 1. The average Bonchev–Trinajstić information content (AvgIpc) is 3.26. The molecule has 4 rings (SSSR count). The van der Waals surface area contributed by atoms with E-state index in [-0.39, 0.29) is 34.6 Å². The first-order valence-corrected chi connectivity index (χ1v) is 10.3. The lowest BCUT2D eigenvalue weighted by Gasteiger charge is -2.48. The Kier molecular flexibility index (Phi) is 4.53. The van der Waals surface area contributed by atoms with Gasteiger partial charge in [0.05, 0.1) is 0 Å². The molecular formula is C24H30O4. The van der Waals surface area contributed by atoms with E-state index in [9.17, 15) is 9.59 Å². The predicted octanol–water partition coefficient (Wildman–Crippen LogP) is 4.50. The number of esters is 1. The van der Waals surface area contributed by atoms with Crippen LogP contribution in [0.1, 0.15) is 52.2 Å². The molecule has 0 radical (unpaired) electrons. The van der Waals surface area contributed by atoms with Crippen LogP contribution < -0.4 is 0 Å². The van der Waals surface area contributed by atoms with E-state index in [4.69, 9.17) is 9.47 Å². The van der Waals surface area contributed by atoms with Crippen molar-refractivity contribution in [3.8, 4) is 0 Å². The maximum atomic E-state index is 12.9. The van der Waals surface area contributed by atoms with Crippen LogP contribution in [0.4, 0.5) is 0 Å². The van der Waals surface area contributed by atoms with Crippen molar-refractivity contribution in [2.24, 2.45) is 28.6 Å². The lowest BCUT2D eigenvalue weighted by Crippen LogP contribution is -2.45. The smallest absolute Gasteiger partial charge is 0.340 e. The molecule has 3 aliphatic carbocycles. The molecule has 4 nitrogen and oxygen atoms in total. The van der Waals surface area contributed by atoms with Gasteiger partial charge in [0.2, 0.25) is 0 Å². The number of carbonyl (C=O) groups is 2. The van der Waals surface area contributed by atoms with Crippen LogP contribution in [0.3, 0.4) is 0 Å². The first kappa shape index (κ1) is 19.4. The second kappa shape index (κ2) is 6.55. The van der Waals surface area contributed by atoms with Crippen LogP contribution in [0.25, 0.3) is 0 Å². The van der Waals surface area contributed by atoms with Crippen molar-refractivity contribution in [2.75, 3.05) is 7.11 Å². The maximum absolute atomic E-state index is 12.9. The second-order valence-corrected chi connectivity index (χ2v) is 9.49. The Labute approximate surface area is 167 Å². The molecule has 2 fully saturated rings. The van der Waals surface area contributed by atoms with E-state index in [0.717, 1.165) is 24.0 Å². The van der Waals surface area contributed by atoms with Gasteiger partial charge in [-0.05, 0) is 52.7 Å². The minimum atomic E-state index is -0.753. The number of carbonyl (C=O) groups excluding carboxylic acids is 2. The first-order chi connectivity index (χ1) is 13.2. The molecule has 150 valence electrons. The average molecular weight is 383 g/mol. The van der Waals surface area contributed by atoms with E-state index in [2.05, 4.69) is 27.7 Å². The third kappa shape index (κ3) is 2.68. The number of ether oxygens (including phenoxy) is 2. The molecule has 0 bridgehead atoms. The summed E-state index contributed by atoms with van der Waals surface area (Å²) < 4.78 is 11.4. The van der Waals surface area contributed by atoms with E-state index in [1.54, 1.807) is 6.08 Å². The van der Waals surface area contributed by atoms with Crippen molar-refractivity contribution in [3.05, 3.63) is 47.5 Å². The molecule has 0 spiro atoms. The zero-order valence-corrected chi connectivity index (χ0v) is 17.4. The van der Waals surface area contributed by atoms with Crippen LogP contribution in [0.5, 0.6) is 0 Å². The van der Waals surface area contributed by atoms with E-state index >= 15 is 0 Å². The van der Waals surface area contributed by atoms with Crippen LogP contribution in [0.2, 0.25) is 0 Å². The molecule has 2 saturated carbocycles. The Bertz CT molecular complexity index is 824. The molecule has 6 atom stereocenters. The summed E-state index contributed by atoms with van der Waals surface area (Å²) in [5.41, 5.74) is 1.71. The summed E-state index contributed by atoms with van der Waals surface area (Å²) in [5.74, 6) is 0.707. The Hall–Kier alpha value is -1.94. The van der Waals surface area contributed by atoms with Crippen molar-refractivity contribution < 1.29 is 19.1 Å². The summed E-state index contributed by atoms with van der Waals surface area (Å²) in [6.45, 7) is 8.93. The molecule has 0 aromatic heterocycles. The van der Waals surface area contributed by atoms with Gasteiger partial charge >= 0.3 is 5.97 Å².